The molecule has 0 bridgehead atoms. The third kappa shape index (κ3) is 1.84. The molecule has 0 aromatic carbocycles. The molecule has 0 aromatic heterocycles. The molecule has 0 aromatic rings. The van der Waals surface area contributed by atoms with Crippen LogP contribution in [0.4, 0.5) is 0 Å². The lowest BCUT2D eigenvalue weighted by Gasteiger charge is -2.25. The van der Waals surface area contributed by atoms with E-state index in [4.69, 9.17) is 9.47 Å². The second kappa shape index (κ2) is 3.15. The molecule has 0 aliphatic carbocycles. The fraction of sp³-hybridized carbons (Fsp3) is 0.889. The minimum absolute atomic E-state index is 0.370. The van der Waals surface area contributed by atoms with E-state index in [0.29, 0.717) is 13.0 Å². The van der Waals surface area contributed by atoms with Gasteiger partial charge in [0.25, 0.3) is 0 Å². The summed E-state index contributed by atoms with van der Waals surface area (Å²) in [7, 11) is 0. The molecule has 0 radical (unpaired) electrons. The molecule has 0 N–H and O–H groups in total. The summed E-state index contributed by atoms with van der Waals surface area (Å²) in [6.45, 7) is 6.27. The molecule has 1 heterocycles. The molecule has 0 amide bonds. The third-order valence-electron chi connectivity index (χ3n) is 2.24. The molecule has 1 aliphatic rings. The number of hydrogen-bond acceptors (Lipinski definition) is 3. The Morgan fingerprint density at radius 3 is 2.50 bits per heavy atom. The highest BCUT2D eigenvalue weighted by Crippen LogP contribution is 2.34. The van der Waals surface area contributed by atoms with Crippen molar-refractivity contribution < 1.29 is 14.3 Å². The van der Waals surface area contributed by atoms with Gasteiger partial charge in [-0.1, -0.05) is 6.92 Å². The van der Waals surface area contributed by atoms with Gasteiger partial charge in [0, 0.05) is 6.42 Å². The molecular weight excluding hydrogens is 156 g/mol. The molecule has 1 rings (SSSR count). The first-order chi connectivity index (χ1) is 5.54. The summed E-state index contributed by atoms with van der Waals surface area (Å²) in [5, 5.41) is 0. The van der Waals surface area contributed by atoms with Gasteiger partial charge in [0.15, 0.2) is 5.79 Å². The zero-order valence-electron chi connectivity index (χ0n) is 7.92. The van der Waals surface area contributed by atoms with Crippen molar-refractivity contribution in [2.45, 2.75) is 45.0 Å². The first-order valence-corrected chi connectivity index (χ1v) is 4.31. The van der Waals surface area contributed by atoms with Gasteiger partial charge in [-0.2, -0.15) is 0 Å². The van der Waals surface area contributed by atoms with Crippen LogP contribution < -0.4 is 0 Å². The van der Waals surface area contributed by atoms with E-state index in [2.05, 4.69) is 0 Å². The van der Waals surface area contributed by atoms with Gasteiger partial charge < -0.3 is 14.3 Å². The van der Waals surface area contributed by atoms with Crippen LogP contribution in [0.3, 0.4) is 0 Å². The van der Waals surface area contributed by atoms with Crippen LogP contribution in [-0.2, 0) is 14.3 Å². The lowest BCUT2D eigenvalue weighted by atomic mass is 9.99. The molecule has 12 heavy (non-hydrogen) atoms. The summed E-state index contributed by atoms with van der Waals surface area (Å²) in [5.74, 6) is -0.529. The number of ether oxygens (including phenoxy) is 2. The van der Waals surface area contributed by atoms with Crippen molar-refractivity contribution in [3.8, 4) is 0 Å². The smallest absolute Gasteiger partial charge is 0.163 e. The summed E-state index contributed by atoms with van der Waals surface area (Å²) in [6.07, 6.45) is 2.14. The molecule has 70 valence electrons. The van der Waals surface area contributed by atoms with Gasteiger partial charge in [-0.25, -0.2) is 0 Å². The maximum atomic E-state index is 10.4. The van der Waals surface area contributed by atoms with E-state index in [1.165, 1.54) is 0 Å². The quantitative estimate of drug-likeness (QED) is 0.605. The molecule has 1 saturated heterocycles. The van der Waals surface area contributed by atoms with Crippen molar-refractivity contribution in [3.05, 3.63) is 0 Å². The number of hydrogen-bond donors (Lipinski definition) is 0. The lowest BCUT2D eigenvalue weighted by Crippen LogP contribution is -2.33. The molecule has 1 atom stereocenters. The van der Waals surface area contributed by atoms with Gasteiger partial charge in [0.1, 0.15) is 11.9 Å². The molecule has 3 heteroatoms. The number of carbonyl (C=O) groups is 1. The van der Waals surface area contributed by atoms with Gasteiger partial charge in [-0.05, 0) is 20.3 Å². The van der Waals surface area contributed by atoms with E-state index in [0.717, 1.165) is 12.7 Å². The van der Waals surface area contributed by atoms with Gasteiger partial charge in [0.2, 0.25) is 0 Å². The Hall–Kier alpha value is -0.410. The van der Waals surface area contributed by atoms with Crippen molar-refractivity contribution >= 4 is 6.29 Å². The van der Waals surface area contributed by atoms with Crippen LogP contribution in [0, 0.1) is 0 Å². The monoisotopic (exact) mass is 172 g/mol. The van der Waals surface area contributed by atoms with Gasteiger partial charge in [-0.3, -0.25) is 0 Å². The standard InChI is InChI=1S/C9H16O3/c1-4-9(5-6-10)7-11-8(2,3)12-9/h6H,4-5,7H2,1-3H3/t9-/m1/s1. The van der Waals surface area contributed by atoms with Crippen LogP contribution in [0.2, 0.25) is 0 Å². The summed E-state index contributed by atoms with van der Waals surface area (Å²) in [4.78, 5) is 10.4. The highest BCUT2D eigenvalue weighted by atomic mass is 16.8. The lowest BCUT2D eigenvalue weighted by molar-refractivity contribution is -0.163. The van der Waals surface area contributed by atoms with Crippen LogP contribution in [0.25, 0.3) is 0 Å². The highest BCUT2D eigenvalue weighted by molar-refractivity contribution is 5.51. The average Bonchev–Trinajstić information content (AvgIpc) is 2.29. The van der Waals surface area contributed by atoms with Crippen molar-refractivity contribution in [2.24, 2.45) is 0 Å². The zero-order valence-corrected chi connectivity index (χ0v) is 7.92. The van der Waals surface area contributed by atoms with Crippen molar-refractivity contribution in [1.82, 2.24) is 0 Å². The Kier molecular flexibility index (Phi) is 2.54. The minimum atomic E-state index is -0.529. The fourth-order valence-corrected chi connectivity index (χ4v) is 1.46. The average molecular weight is 172 g/mol. The van der Waals surface area contributed by atoms with Crippen molar-refractivity contribution in [2.75, 3.05) is 6.61 Å². The van der Waals surface area contributed by atoms with E-state index < -0.39 is 5.79 Å². The Morgan fingerprint density at radius 1 is 1.50 bits per heavy atom. The van der Waals surface area contributed by atoms with Crippen molar-refractivity contribution in [3.63, 3.8) is 0 Å². The molecule has 0 spiro atoms. The zero-order chi connectivity index (χ0) is 9.24. The summed E-state index contributed by atoms with van der Waals surface area (Å²) >= 11 is 0. The number of aldehydes is 1. The van der Waals surface area contributed by atoms with E-state index >= 15 is 0 Å². The SMILES string of the molecule is CC[C@@]1(CC=O)COC(C)(C)O1. The van der Waals surface area contributed by atoms with Crippen LogP contribution in [0.15, 0.2) is 0 Å². The molecule has 0 saturated carbocycles. The molecular formula is C9H16O3. The maximum absolute atomic E-state index is 10.4. The minimum Gasteiger partial charge on any atom is -0.347 e. The normalized spacial score (nSPS) is 33.6. The summed E-state index contributed by atoms with van der Waals surface area (Å²) in [6, 6.07) is 0. The predicted octanol–water partition coefficient (Wildman–Crippen LogP) is 1.51. The first-order valence-electron chi connectivity index (χ1n) is 4.31. The fourth-order valence-electron chi connectivity index (χ4n) is 1.46. The number of carbonyl (C=O) groups excluding carboxylic acids is 1. The molecule has 1 fully saturated rings. The predicted molar refractivity (Wildman–Crippen MR) is 44.8 cm³/mol. The molecule has 0 unspecified atom stereocenters. The van der Waals surface area contributed by atoms with Crippen molar-refractivity contribution in [1.29, 1.82) is 0 Å². The van der Waals surface area contributed by atoms with Gasteiger partial charge in [-0.15, -0.1) is 0 Å². The van der Waals surface area contributed by atoms with Crippen LogP contribution in [-0.4, -0.2) is 24.3 Å². The van der Waals surface area contributed by atoms with Gasteiger partial charge in [0.05, 0.1) is 6.61 Å². The largest absolute Gasteiger partial charge is 0.347 e. The Balaban J connectivity index is 2.65. The van der Waals surface area contributed by atoms with Gasteiger partial charge >= 0.3 is 0 Å². The second-order valence-corrected chi connectivity index (χ2v) is 3.70. The number of rotatable bonds is 3. The van der Waals surface area contributed by atoms with Crippen LogP contribution in [0.5, 0.6) is 0 Å². The third-order valence-corrected chi connectivity index (χ3v) is 2.24. The Labute approximate surface area is 73.0 Å². The molecule has 1 aliphatic heterocycles. The topological polar surface area (TPSA) is 35.5 Å². The van der Waals surface area contributed by atoms with Crippen LogP contribution >= 0.6 is 0 Å². The highest BCUT2D eigenvalue weighted by Gasteiger charge is 2.43. The Morgan fingerprint density at radius 2 is 2.17 bits per heavy atom. The van der Waals surface area contributed by atoms with E-state index in [1.54, 1.807) is 0 Å². The summed E-state index contributed by atoms with van der Waals surface area (Å²) < 4.78 is 11.1. The van der Waals surface area contributed by atoms with E-state index in [9.17, 15) is 4.79 Å². The summed E-state index contributed by atoms with van der Waals surface area (Å²) in [5.41, 5.74) is -0.370. The second-order valence-electron chi connectivity index (χ2n) is 3.70. The first kappa shape index (κ1) is 9.68. The Bertz CT molecular complexity index is 177. The van der Waals surface area contributed by atoms with Crippen LogP contribution in [0.1, 0.15) is 33.6 Å². The van der Waals surface area contributed by atoms with E-state index in [-0.39, 0.29) is 5.60 Å². The molecule has 3 nitrogen and oxygen atoms in total. The maximum Gasteiger partial charge on any atom is 0.163 e. The van der Waals surface area contributed by atoms with E-state index in [1.807, 2.05) is 20.8 Å².